The second-order valence-electron chi connectivity index (χ2n) is 16.5. The highest BCUT2D eigenvalue weighted by Crippen LogP contribution is 2.45. The molecule has 62 heavy (non-hydrogen) atoms. The number of hydrogen-bond donors (Lipinski definition) is 0. The predicted molar refractivity (Wildman–Crippen MR) is 264 cm³/mol. The summed E-state index contributed by atoms with van der Waals surface area (Å²) in [5.41, 5.74) is 9.88. The summed E-state index contributed by atoms with van der Waals surface area (Å²) in [5, 5.41) is 16.8. The van der Waals surface area contributed by atoms with E-state index in [2.05, 4.69) is 229 Å². The van der Waals surface area contributed by atoms with Crippen LogP contribution < -0.4 is 4.90 Å². The van der Waals surface area contributed by atoms with E-state index in [1.807, 2.05) is 0 Å². The fourth-order valence-electron chi connectivity index (χ4n) is 10.0. The molecule has 2 nitrogen and oxygen atoms in total. The zero-order valence-electron chi connectivity index (χ0n) is 33.7. The van der Waals surface area contributed by atoms with Gasteiger partial charge in [0.2, 0.25) is 0 Å². The fourth-order valence-corrected chi connectivity index (χ4v) is 10.0. The molecule has 12 aromatic carbocycles. The van der Waals surface area contributed by atoms with Crippen molar-refractivity contribution in [2.45, 2.75) is 0 Å². The Morgan fingerprint density at radius 1 is 0.258 bits per heavy atom. The van der Waals surface area contributed by atoms with Crippen LogP contribution in [0.2, 0.25) is 0 Å². The molecule has 13 rings (SSSR count). The molecule has 0 saturated heterocycles. The van der Waals surface area contributed by atoms with Gasteiger partial charge < -0.3 is 9.32 Å². The second-order valence-corrected chi connectivity index (χ2v) is 16.5. The molecular weight excluding hydrogens is 751 g/mol. The van der Waals surface area contributed by atoms with Gasteiger partial charge in [-0.2, -0.15) is 0 Å². The molecule has 0 spiro atoms. The second kappa shape index (κ2) is 13.7. The summed E-state index contributed by atoms with van der Waals surface area (Å²) in [6, 6.07) is 82.1. The molecule has 0 N–H and O–H groups in total. The summed E-state index contributed by atoms with van der Waals surface area (Å²) < 4.78 is 6.64. The summed E-state index contributed by atoms with van der Waals surface area (Å²) in [5.74, 6) is 0. The Morgan fingerprint density at radius 3 is 1.66 bits per heavy atom. The van der Waals surface area contributed by atoms with Crippen molar-refractivity contribution in [2.24, 2.45) is 0 Å². The van der Waals surface area contributed by atoms with Gasteiger partial charge in [-0.1, -0.05) is 164 Å². The van der Waals surface area contributed by atoms with Gasteiger partial charge in [-0.25, -0.2) is 0 Å². The van der Waals surface area contributed by atoms with Crippen LogP contribution >= 0.6 is 0 Å². The molecule has 0 unspecified atom stereocenters. The molecule has 0 fully saturated rings. The molecule has 0 aliphatic carbocycles. The lowest BCUT2D eigenvalue weighted by atomic mass is 9.92. The van der Waals surface area contributed by atoms with Crippen LogP contribution in [-0.2, 0) is 0 Å². The third kappa shape index (κ3) is 5.44. The molecule has 1 aromatic heterocycles. The molecule has 0 atom stereocenters. The Hall–Kier alpha value is -8.20. The van der Waals surface area contributed by atoms with E-state index in [0.717, 1.165) is 44.4 Å². The van der Waals surface area contributed by atoms with E-state index < -0.39 is 0 Å². The summed E-state index contributed by atoms with van der Waals surface area (Å²) in [6.45, 7) is 0. The van der Waals surface area contributed by atoms with Gasteiger partial charge in [-0.15, -0.1) is 0 Å². The van der Waals surface area contributed by atoms with Crippen molar-refractivity contribution in [3.63, 3.8) is 0 Å². The molecule has 0 aliphatic rings. The van der Waals surface area contributed by atoms with Gasteiger partial charge in [0.15, 0.2) is 0 Å². The number of hydrogen-bond acceptors (Lipinski definition) is 2. The number of fused-ring (bicyclic) bond motifs is 11. The van der Waals surface area contributed by atoms with Crippen LogP contribution in [0, 0.1) is 0 Å². The number of benzene rings is 12. The number of nitrogens with zero attached hydrogens (tertiary/aromatic N) is 1. The van der Waals surface area contributed by atoms with Crippen molar-refractivity contribution < 1.29 is 4.42 Å². The highest BCUT2D eigenvalue weighted by Gasteiger charge is 2.20. The maximum Gasteiger partial charge on any atom is 0.143 e. The van der Waals surface area contributed by atoms with Crippen LogP contribution in [0.4, 0.5) is 17.1 Å². The lowest BCUT2D eigenvalue weighted by molar-refractivity contribution is 0.672. The highest BCUT2D eigenvalue weighted by molar-refractivity contribution is 6.17. The van der Waals surface area contributed by atoms with E-state index in [0.29, 0.717) is 0 Å². The number of furan rings is 1. The molecule has 2 heteroatoms. The van der Waals surface area contributed by atoms with E-state index in [1.165, 1.54) is 81.5 Å². The first-order valence-electron chi connectivity index (χ1n) is 21.3. The molecule has 1 heterocycles. The zero-order valence-corrected chi connectivity index (χ0v) is 33.7. The summed E-state index contributed by atoms with van der Waals surface area (Å²) in [6.07, 6.45) is 0. The van der Waals surface area contributed by atoms with Crippen molar-refractivity contribution in [3.05, 3.63) is 224 Å². The van der Waals surface area contributed by atoms with Crippen LogP contribution in [-0.4, -0.2) is 0 Å². The first kappa shape index (κ1) is 34.6. The Morgan fingerprint density at radius 2 is 0.839 bits per heavy atom. The van der Waals surface area contributed by atoms with E-state index in [1.54, 1.807) is 0 Å². The van der Waals surface area contributed by atoms with E-state index >= 15 is 0 Å². The van der Waals surface area contributed by atoms with Crippen LogP contribution in [0.5, 0.6) is 0 Å². The Kier molecular flexibility index (Phi) is 7.64. The van der Waals surface area contributed by atoms with Gasteiger partial charge in [0.1, 0.15) is 11.2 Å². The minimum absolute atomic E-state index is 0.876. The molecule has 0 saturated carbocycles. The minimum Gasteiger partial charge on any atom is -0.455 e. The quantitative estimate of drug-likeness (QED) is 0.162. The maximum atomic E-state index is 6.64. The molecule has 13 aromatic rings. The first-order chi connectivity index (χ1) is 30.7. The van der Waals surface area contributed by atoms with E-state index in [9.17, 15) is 0 Å². The standard InChI is InChI=1S/C60H37NO/c1-5-17-48-39(12-1)16-11-23-53(48)57-37-47(33-41-14-3-7-19-50(41)57)61(46-29-31-59-58(36-46)55-30-27-40-13-2-8-20-51(40)60(55)62-59)45-28-26-38-24-25-43(32-44(38)34-45)56-35-42-15-4-6-18-49(42)52-21-9-10-22-54(52)56/h1-37H. The monoisotopic (exact) mass is 787 g/mol. The van der Waals surface area contributed by atoms with Crippen LogP contribution in [0.1, 0.15) is 0 Å². The molecule has 288 valence electrons. The van der Waals surface area contributed by atoms with Crippen molar-refractivity contribution >= 4 is 104 Å². The average Bonchev–Trinajstić information content (AvgIpc) is 3.72. The topological polar surface area (TPSA) is 16.4 Å². The normalized spacial score (nSPS) is 11.9. The lowest BCUT2D eigenvalue weighted by Gasteiger charge is -2.27. The van der Waals surface area contributed by atoms with E-state index in [-0.39, 0.29) is 0 Å². The molecule has 0 aliphatic heterocycles. The van der Waals surface area contributed by atoms with Crippen LogP contribution in [0.15, 0.2) is 229 Å². The largest absolute Gasteiger partial charge is 0.455 e. The number of anilines is 3. The van der Waals surface area contributed by atoms with E-state index in [4.69, 9.17) is 4.42 Å². The van der Waals surface area contributed by atoms with Gasteiger partial charge in [-0.05, 0) is 142 Å². The van der Waals surface area contributed by atoms with Gasteiger partial charge in [0.25, 0.3) is 0 Å². The Balaban J connectivity index is 1.06. The third-order valence-electron chi connectivity index (χ3n) is 12.9. The zero-order chi connectivity index (χ0) is 40.7. The van der Waals surface area contributed by atoms with Gasteiger partial charge in [0, 0.05) is 33.2 Å². The summed E-state index contributed by atoms with van der Waals surface area (Å²) >= 11 is 0. The lowest BCUT2D eigenvalue weighted by Crippen LogP contribution is -2.10. The summed E-state index contributed by atoms with van der Waals surface area (Å²) in [7, 11) is 0. The maximum absolute atomic E-state index is 6.64. The fraction of sp³-hybridized carbons (Fsp3) is 0. The predicted octanol–water partition coefficient (Wildman–Crippen LogP) is 17.3. The Bertz CT molecular complexity index is 3940. The smallest absolute Gasteiger partial charge is 0.143 e. The first-order valence-corrected chi connectivity index (χ1v) is 21.3. The number of rotatable bonds is 5. The molecule has 0 bridgehead atoms. The highest BCUT2D eigenvalue weighted by atomic mass is 16.3. The molecule has 0 radical (unpaired) electrons. The molecular formula is C60H37NO. The van der Waals surface area contributed by atoms with Crippen LogP contribution in [0.25, 0.3) is 109 Å². The summed E-state index contributed by atoms with van der Waals surface area (Å²) in [4.78, 5) is 2.43. The minimum atomic E-state index is 0.876. The Labute approximate surface area is 358 Å². The van der Waals surface area contributed by atoms with Gasteiger partial charge in [0.05, 0.1) is 0 Å². The van der Waals surface area contributed by atoms with Crippen molar-refractivity contribution in [3.8, 4) is 22.3 Å². The van der Waals surface area contributed by atoms with Crippen molar-refractivity contribution in [2.75, 3.05) is 4.90 Å². The third-order valence-corrected chi connectivity index (χ3v) is 12.9. The van der Waals surface area contributed by atoms with Crippen molar-refractivity contribution in [1.29, 1.82) is 0 Å². The average molecular weight is 788 g/mol. The van der Waals surface area contributed by atoms with Gasteiger partial charge >= 0.3 is 0 Å². The van der Waals surface area contributed by atoms with Gasteiger partial charge in [-0.3, -0.25) is 0 Å². The molecule has 0 amide bonds. The SMILES string of the molecule is c1ccc2c(-c3cc(N(c4ccc5ccc(-c6cc7ccccc7c7ccccc67)cc5c4)c4ccc5oc6c7ccccc7ccc6c5c4)cc4ccccc34)cccc2c1. The van der Waals surface area contributed by atoms with Crippen LogP contribution in [0.3, 0.4) is 0 Å². The van der Waals surface area contributed by atoms with Crippen molar-refractivity contribution in [1.82, 2.24) is 0 Å².